The first-order valence-electron chi connectivity index (χ1n) is 3.82. The van der Waals surface area contributed by atoms with Crippen molar-refractivity contribution in [2.75, 3.05) is 0 Å². The van der Waals surface area contributed by atoms with E-state index in [2.05, 4.69) is 5.16 Å². The molecule has 0 saturated heterocycles. The van der Waals surface area contributed by atoms with Gasteiger partial charge in [0.1, 0.15) is 17.3 Å². The largest absolute Gasteiger partial charge is 0.507 e. The molecule has 0 heterocycles. The zero-order valence-electron chi connectivity index (χ0n) is 7.45. The van der Waals surface area contributed by atoms with Crippen LogP contribution >= 0.6 is 0 Å². The van der Waals surface area contributed by atoms with Crippen LogP contribution in [0, 0.1) is 11.2 Å². The molecule has 4 nitrogen and oxygen atoms in total. The maximum absolute atomic E-state index is 12.6. The summed E-state index contributed by atoms with van der Waals surface area (Å²) in [6, 6.07) is 3.27. The van der Waals surface area contributed by atoms with Gasteiger partial charge in [0.2, 0.25) is 0 Å². The molecule has 1 aromatic rings. The molecule has 0 aromatic heterocycles. The Kier molecular flexibility index (Phi) is 2.81. The van der Waals surface area contributed by atoms with E-state index in [0.29, 0.717) is 0 Å². The summed E-state index contributed by atoms with van der Waals surface area (Å²) in [4.78, 5) is 0. The first kappa shape index (κ1) is 10.2. The van der Waals surface area contributed by atoms with Gasteiger partial charge in [-0.15, -0.1) is 0 Å². The van der Waals surface area contributed by atoms with Crippen molar-refractivity contribution in [2.24, 2.45) is 5.16 Å². The van der Waals surface area contributed by atoms with Gasteiger partial charge < -0.3 is 10.3 Å². The van der Waals surface area contributed by atoms with E-state index in [4.69, 9.17) is 10.6 Å². The van der Waals surface area contributed by atoms with Crippen molar-refractivity contribution < 1.29 is 14.7 Å². The number of aromatic hydroxyl groups is 1. The molecule has 14 heavy (non-hydrogen) atoms. The second kappa shape index (κ2) is 3.87. The number of oxime groups is 1. The number of benzene rings is 1. The Morgan fingerprint density at radius 1 is 1.50 bits per heavy atom. The van der Waals surface area contributed by atoms with Gasteiger partial charge in [-0.3, -0.25) is 5.41 Å². The third-order valence-electron chi connectivity index (χ3n) is 1.74. The fourth-order valence-corrected chi connectivity index (χ4v) is 0.961. The van der Waals surface area contributed by atoms with Crippen LogP contribution in [0.2, 0.25) is 0 Å². The predicted molar refractivity (Wildman–Crippen MR) is 49.8 cm³/mol. The molecule has 1 aromatic carbocycles. The van der Waals surface area contributed by atoms with Crippen molar-refractivity contribution in [3.05, 3.63) is 29.6 Å². The number of phenols is 1. The summed E-state index contributed by atoms with van der Waals surface area (Å²) in [5.41, 5.74) is 0.0265. The molecule has 0 aliphatic heterocycles. The average Bonchev–Trinajstić information content (AvgIpc) is 2.15. The summed E-state index contributed by atoms with van der Waals surface area (Å²) in [5, 5.41) is 28.0. The minimum Gasteiger partial charge on any atom is -0.507 e. The molecular weight excluding hydrogens is 187 g/mol. The second-order valence-electron chi connectivity index (χ2n) is 2.72. The van der Waals surface area contributed by atoms with Gasteiger partial charge in [0.25, 0.3) is 0 Å². The van der Waals surface area contributed by atoms with E-state index in [-0.39, 0.29) is 22.7 Å². The summed E-state index contributed by atoms with van der Waals surface area (Å²) in [6.07, 6.45) is 0. The monoisotopic (exact) mass is 196 g/mol. The first-order valence-corrected chi connectivity index (χ1v) is 3.82. The number of nitrogens with one attached hydrogen (secondary N) is 1. The van der Waals surface area contributed by atoms with Crippen LogP contribution in [0.1, 0.15) is 12.5 Å². The number of rotatable bonds is 2. The predicted octanol–water partition coefficient (Wildman–Crippen LogP) is 1.75. The molecular formula is C9H9FN2O2. The number of hydrogen-bond acceptors (Lipinski definition) is 4. The van der Waals surface area contributed by atoms with Crippen molar-refractivity contribution in [3.8, 4) is 5.75 Å². The molecule has 3 N–H and O–H groups in total. The molecule has 74 valence electrons. The Labute approximate surface area is 79.8 Å². The summed E-state index contributed by atoms with van der Waals surface area (Å²) in [6.45, 7) is 1.41. The lowest BCUT2D eigenvalue weighted by Crippen LogP contribution is -2.10. The number of nitrogens with zero attached hydrogens (tertiary/aromatic N) is 1. The molecule has 0 fully saturated rings. The molecule has 0 spiro atoms. The Hall–Kier alpha value is -1.91. The molecule has 0 unspecified atom stereocenters. The number of hydrogen-bond donors (Lipinski definition) is 3. The third-order valence-corrected chi connectivity index (χ3v) is 1.74. The highest BCUT2D eigenvalue weighted by Crippen LogP contribution is 2.18. The SMILES string of the molecule is C/C(=N\O)C(=N)c1ccc(F)cc1O. The van der Waals surface area contributed by atoms with E-state index >= 15 is 0 Å². The lowest BCUT2D eigenvalue weighted by Gasteiger charge is -2.04. The Morgan fingerprint density at radius 2 is 2.14 bits per heavy atom. The quantitative estimate of drug-likeness (QED) is 0.383. The molecule has 0 amide bonds. The van der Waals surface area contributed by atoms with Gasteiger partial charge in [0, 0.05) is 11.6 Å². The molecule has 1 rings (SSSR count). The standard InChI is InChI=1S/C9H9FN2O2/c1-5(12-14)9(11)7-3-2-6(10)4-8(7)13/h2-4,11,13-14H,1H3/b11-9?,12-5+. The molecule has 0 saturated carbocycles. The Bertz CT molecular complexity index is 402. The van der Waals surface area contributed by atoms with Crippen LogP contribution in [-0.4, -0.2) is 21.7 Å². The summed E-state index contributed by atoms with van der Waals surface area (Å²) in [5.74, 6) is -0.935. The van der Waals surface area contributed by atoms with Gasteiger partial charge in [-0.25, -0.2) is 4.39 Å². The minimum atomic E-state index is -0.586. The second-order valence-corrected chi connectivity index (χ2v) is 2.72. The lowest BCUT2D eigenvalue weighted by atomic mass is 10.1. The maximum Gasteiger partial charge on any atom is 0.127 e. The van der Waals surface area contributed by atoms with Crippen LogP contribution in [0.3, 0.4) is 0 Å². The Balaban J connectivity index is 3.14. The van der Waals surface area contributed by atoms with Gasteiger partial charge in [0.05, 0.1) is 5.71 Å². The minimum absolute atomic E-state index is 0.0481. The lowest BCUT2D eigenvalue weighted by molar-refractivity contribution is 0.320. The topological polar surface area (TPSA) is 76.7 Å². The van der Waals surface area contributed by atoms with Gasteiger partial charge in [-0.05, 0) is 19.1 Å². The zero-order chi connectivity index (χ0) is 10.7. The van der Waals surface area contributed by atoms with Gasteiger partial charge >= 0.3 is 0 Å². The average molecular weight is 196 g/mol. The van der Waals surface area contributed by atoms with Crippen LogP contribution in [0.4, 0.5) is 4.39 Å². The van der Waals surface area contributed by atoms with Crippen LogP contribution < -0.4 is 0 Å². The van der Waals surface area contributed by atoms with Crippen molar-refractivity contribution >= 4 is 11.4 Å². The fraction of sp³-hybridized carbons (Fsp3) is 0.111. The summed E-state index contributed by atoms with van der Waals surface area (Å²) < 4.78 is 12.6. The maximum atomic E-state index is 12.6. The van der Waals surface area contributed by atoms with Crippen LogP contribution in [0.25, 0.3) is 0 Å². The van der Waals surface area contributed by atoms with Gasteiger partial charge in [0.15, 0.2) is 0 Å². The zero-order valence-corrected chi connectivity index (χ0v) is 7.45. The van der Waals surface area contributed by atoms with Crippen molar-refractivity contribution in [3.63, 3.8) is 0 Å². The highest BCUT2D eigenvalue weighted by molar-refractivity contribution is 6.46. The van der Waals surface area contributed by atoms with Crippen LogP contribution in [0.15, 0.2) is 23.4 Å². The van der Waals surface area contributed by atoms with Crippen molar-refractivity contribution in [1.29, 1.82) is 5.41 Å². The highest BCUT2D eigenvalue weighted by atomic mass is 19.1. The van der Waals surface area contributed by atoms with E-state index in [1.54, 1.807) is 0 Å². The molecule has 0 atom stereocenters. The Morgan fingerprint density at radius 3 is 2.64 bits per heavy atom. The van der Waals surface area contributed by atoms with Crippen LogP contribution in [0.5, 0.6) is 5.75 Å². The molecule has 0 bridgehead atoms. The van der Waals surface area contributed by atoms with Crippen molar-refractivity contribution in [2.45, 2.75) is 6.92 Å². The smallest absolute Gasteiger partial charge is 0.127 e. The van der Waals surface area contributed by atoms with Crippen molar-refractivity contribution in [1.82, 2.24) is 0 Å². The molecule has 0 aliphatic rings. The van der Waals surface area contributed by atoms with Gasteiger partial charge in [-0.2, -0.15) is 0 Å². The molecule has 5 heteroatoms. The summed E-state index contributed by atoms with van der Waals surface area (Å²) >= 11 is 0. The molecule has 0 aliphatic carbocycles. The fourth-order valence-electron chi connectivity index (χ4n) is 0.961. The van der Waals surface area contributed by atoms with E-state index in [1.807, 2.05) is 0 Å². The van der Waals surface area contributed by atoms with Gasteiger partial charge in [-0.1, -0.05) is 5.16 Å². The normalized spacial score (nSPS) is 11.4. The summed E-state index contributed by atoms with van der Waals surface area (Å²) in [7, 11) is 0. The number of phenolic OH excluding ortho intramolecular Hbond substituents is 1. The number of halogens is 1. The molecule has 0 radical (unpaired) electrons. The van der Waals surface area contributed by atoms with E-state index in [9.17, 15) is 9.50 Å². The van der Waals surface area contributed by atoms with E-state index in [1.165, 1.54) is 13.0 Å². The van der Waals surface area contributed by atoms with E-state index in [0.717, 1.165) is 12.1 Å². The first-order chi connectivity index (χ1) is 6.56. The third kappa shape index (κ3) is 1.87. The van der Waals surface area contributed by atoms with Crippen LogP contribution in [-0.2, 0) is 0 Å². The highest BCUT2D eigenvalue weighted by Gasteiger charge is 2.10. The van der Waals surface area contributed by atoms with E-state index < -0.39 is 5.82 Å².